The van der Waals surface area contributed by atoms with E-state index in [9.17, 15) is 29.4 Å². The highest BCUT2D eigenvalue weighted by molar-refractivity contribution is 7.59. The second-order valence-electron chi connectivity index (χ2n) is 11.8. The molecule has 2 heterocycles. The minimum Gasteiger partial charge on any atom is -0.493 e. The fraction of sp³-hybridized carbons (Fsp3) is 0.586. The second-order valence-corrected chi connectivity index (χ2v) is 11.8. The van der Waals surface area contributed by atoms with Crippen molar-refractivity contribution < 1.29 is 43.6 Å². The van der Waals surface area contributed by atoms with E-state index in [1.807, 2.05) is 19.2 Å². The lowest BCUT2D eigenvalue weighted by atomic mass is 9.50. The maximum absolute atomic E-state index is 13.2. The average Bonchev–Trinajstić information content (AvgIpc) is 3.25. The van der Waals surface area contributed by atoms with E-state index in [0.29, 0.717) is 30.9 Å². The highest BCUT2D eigenvalue weighted by Gasteiger charge is 2.72. The zero-order valence-corrected chi connectivity index (χ0v) is 25.4. The van der Waals surface area contributed by atoms with Crippen LogP contribution in [0, 0.1) is 5.92 Å². The Labute approximate surface area is 251 Å². The summed E-state index contributed by atoms with van der Waals surface area (Å²) in [7, 11) is 3.54. The number of methoxy groups -OCH3 is 1. The van der Waals surface area contributed by atoms with Gasteiger partial charge < -0.3 is 40.0 Å². The Bertz CT molecular complexity index is 1330. The van der Waals surface area contributed by atoms with Crippen molar-refractivity contribution in [1.29, 1.82) is 0 Å². The standard InChI is InChI=1S/C29H37N3O9.H2S/c1-14(2)23(27(36)37)31-26(35)17(30-15(3)33)13-21(34)40-19-8-9-29(38)20-12-16-6-7-18(39-5)24-22(16)28(29,25(19)41-24)10-11-32(20)4;/h6-8,14,17,20,23,25,38H,9-13H2,1-5H3,(H,30,33)(H,31,35)(H,36,37);1H2/t17?,20-,23?,25?,28+,29-;/m1./s1. The Morgan fingerprint density at radius 1 is 1.21 bits per heavy atom. The molecule has 1 spiro atoms. The number of amides is 2. The van der Waals surface area contributed by atoms with Crippen LogP contribution in [0.2, 0.25) is 0 Å². The van der Waals surface area contributed by atoms with Gasteiger partial charge in [-0.05, 0) is 50.1 Å². The number of ether oxygens (including phenoxy) is 3. The van der Waals surface area contributed by atoms with Crippen molar-refractivity contribution in [2.75, 3.05) is 20.7 Å². The normalized spacial score (nSPS) is 28.2. The lowest BCUT2D eigenvalue weighted by Crippen LogP contribution is -2.74. The molecule has 0 radical (unpaired) electrons. The quantitative estimate of drug-likeness (QED) is 0.295. The number of nitrogens with one attached hydrogen (secondary N) is 2. The van der Waals surface area contributed by atoms with Crippen LogP contribution in [0.25, 0.3) is 0 Å². The van der Waals surface area contributed by atoms with Gasteiger partial charge in [0.25, 0.3) is 0 Å². The number of rotatable bonds is 9. The lowest BCUT2D eigenvalue weighted by Gasteiger charge is -2.61. The van der Waals surface area contributed by atoms with Crippen molar-refractivity contribution in [3.05, 3.63) is 35.1 Å². The van der Waals surface area contributed by atoms with Gasteiger partial charge in [-0.3, -0.25) is 14.4 Å². The zero-order chi connectivity index (χ0) is 29.9. The number of esters is 1. The van der Waals surface area contributed by atoms with Crippen LogP contribution in [-0.2, 0) is 35.8 Å². The number of aliphatic hydroxyl groups is 1. The number of piperidine rings is 1. The van der Waals surface area contributed by atoms with E-state index >= 15 is 0 Å². The third kappa shape index (κ3) is 4.80. The van der Waals surface area contributed by atoms with Crippen LogP contribution in [0.15, 0.2) is 24.0 Å². The molecule has 42 heavy (non-hydrogen) atoms. The molecule has 4 N–H and O–H groups in total. The highest BCUT2D eigenvalue weighted by Crippen LogP contribution is 2.65. The molecule has 2 bridgehead atoms. The van der Waals surface area contributed by atoms with Gasteiger partial charge in [0.05, 0.1) is 24.5 Å². The Balaban J connectivity index is 0.00000405. The van der Waals surface area contributed by atoms with Gasteiger partial charge >= 0.3 is 11.9 Å². The summed E-state index contributed by atoms with van der Waals surface area (Å²) in [4.78, 5) is 51.8. The summed E-state index contributed by atoms with van der Waals surface area (Å²) in [5.41, 5.74) is -0.101. The summed E-state index contributed by atoms with van der Waals surface area (Å²) in [6.45, 7) is 5.17. The molecule has 12 nitrogen and oxygen atoms in total. The summed E-state index contributed by atoms with van der Waals surface area (Å²) in [5.74, 6) is -2.56. The molecule has 230 valence electrons. The topological polar surface area (TPSA) is 164 Å². The molecule has 1 saturated heterocycles. The average molecular weight is 606 g/mol. The van der Waals surface area contributed by atoms with Gasteiger partial charge in [0.2, 0.25) is 11.8 Å². The number of hydrogen-bond donors (Lipinski definition) is 4. The van der Waals surface area contributed by atoms with Gasteiger partial charge in [0, 0.05) is 24.9 Å². The van der Waals surface area contributed by atoms with Gasteiger partial charge in [-0.15, -0.1) is 0 Å². The van der Waals surface area contributed by atoms with Crippen LogP contribution in [0.5, 0.6) is 11.5 Å². The van der Waals surface area contributed by atoms with Crippen LogP contribution >= 0.6 is 13.5 Å². The van der Waals surface area contributed by atoms with Crippen molar-refractivity contribution >= 4 is 37.2 Å². The third-order valence-corrected chi connectivity index (χ3v) is 9.08. The first-order valence-electron chi connectivity index (χ1n) is 13.8. The highest BCUT2D eigenvalue weighted by atomic mass is 32.1. The number of hydrogen-bond acceptors (Lipinski definition) is 9. The van der Waals surface area contributed by atoms with Gasteiger partial charge in [-0.25, -0.2) is 4.79 Å². The summed E-state index contributed by atoms with van der Waals surface area (Å²) in [5, 5.41) is 26.6. The molecule has 1 aromatic rings. The molecule has 0 saturated carbocycles. The number of carbonyl (C=O) groups excluding carboxylic acids is 3. The number of carboxylic acid groups (broad SMARTS) is 1. The summed E-state index contributed by atoms with van der Waals surface area (Å²) < 4.78 is 17.9. The first-order chi connectivity index (χ1) is 19.3. The number of carboxylic acids is 1. The number of likely N-dealkylation sites (tertiary alicyclic amines) is 1. The fourth-order valence-electron chi connectivity index (χ4n) is 7.15. The number of likely N-dealkylation sites (N-methyl/N-ethyl adjacent to an activating group) is 1. The van der Waals surface area contributed by atoms with E-state index in [1.54, 1.807) is 27.0 Å². The minimum atomic E-state index is -1.35. The molecule has 0 aromatic heterocycles. The van der Waals surface area contributed by atoms with E-state index in [2.05, 4.69) is 15.5 Å². The summed E-state index contributed by atoms with van der Waals surface area (Å²) in [6, 6.07) is 1.12. The summed E-state index contributed by atoms with van der Waals surface area (Å²) >= 11 is 0. The molecule has 1 aromatic carbocycles. The maximum atomic E-state index is 13.2. The van der Waals surface area contributed by atoms with Gasteiger partial charge in [-0.2, -0.15) is 13.5 Å². The molecule has 2 amide bonds. The van der Waals surface area contributed by atoms with Gasteiger partial charge in [-0.1, -0.05) is 19.9 Å². The van der Waals surface area contributed by atoms with E-state index in [-0.39, 0.29) is 31.7 Å². The summed E-state index contributed by atoms with van der Waals surface area (Å²) in [6.07, 6.45) is 1.75. The number of carbonyl (C=O) groups is 4. The van der Waals surface area contributed by atoms with Crippen molar-refractivity contribution in [3.8, 4) is 11.5 Å². The second kappa shape index (κ2) is 11.4. The van der Waals surface area contributed by atoms with E-state index in [1.165, 1.54) is 6.92 Å². The number of benzene rings is 1. The Hall–Kier alpha value is -3.29. The molecule has 5 rings (SSSR count). The Morgan fingerprint density at radius 3 is 2.55 bits per heavy atom. The largest absolute Gasteiger partial charge is 0.493 e. The number of nitrogens with zero attached hydrogens (tertiary/aromatic N) is 1. The number of aliphatic carboxylic acids is 1. The van der Waals surface area contributed by atoms with Crippen LogP contribution in [0.3, 0.4) is 0 Å². The molecule has 13 heteroatoms. The van der Waals surface area contributed by atoms with Crippen LogP contribution < -0.4 is 20.1 Å². The Morgan fingerprint density at radius 2 is 1.93 bits per heavy atom. The molecule has 3 unspecified atom stereocenters. The van der Waals surface area contributed by atoms with Crippen LogP contribution in [0.1, 0.15) is 51.2 Å². The van der Waals surface area contributed by atoms with Crippen molar-refractivity contribution in [2.45, 2.75) is 81.7 Å². The maximum Gasteiger partial charge on any atom is 0.326 e. The van der Waals surface area contributed by atoms with Crippen LogP contribution in [-0.4, -0.2) is 89.4 Å². The predicted molar refractivity (Wildman–Crippen MR) is 155 cm³/mol. The molecule has 6 atom stereocenters. The third-order valence-electron chi connectivity index (χ3n) is 9.08. The van der Waals surface area contributed by atoms with E-state index < -0.39 is 65.3 Å². The first-order valence-corrected chi connectivity index (χ1v) is 13.8. The van der Waals surface area contributed by atoms with E-state index in [0.717, 1.165) is 11.1 Å². The molecule has 2 aliphatic carbocycles. The van der Waals surface area contributed by atoms with Crippen LogP contribution in [0.4, 0.5) is 0 Å². The smallest absolute Gasteiger partial charge is 0.326 e. The van der Waals surface area contributed by atoms with Gasteiger partial charge in [0.15, 0.2) is 17.6 Å². The molecular formula is C29H39N3O9S. The van der Waals surface area contributed by atoms with Gasteiger partial charge in [0.1, 0.15) is 17.8 Å². The zero-order valence-electron chi connectivity index (χ0n) is 24.4. The van der Waals surface area contributed by atoms with Crippen molar-refractivity contribution in [3.63, 3.8) is 0 Å². The SMILES string of the molecule is COc1ccc2c3c1OC1C(OC(=O)CC(NC(C)=O)C(=O)NC(C(=O)O)C(C)C)=CC[C@@]4(O)[C@@H](C2)N(C)CC[C@]314.S. The molecular weight excluding hydrogens is 566 g/mol. The minimum absolute atomic E-state index is 0. The monoisotopic (exact) mass is 605 g/mol. The van der Waals surface area contributed by atoms with E-state index in [4.69, 9.17) is 14.2 Å². The Kier molecular flexibility index (Phi) is 8.60. The molecule has 2 aliphatic heterocycles. The van der Waals surface area contributed by atoms with Crippen molar-refractivity contribution in [2.24, 2.45) is 5.92 Å². The molecule has 1 fully saturated rings. The predicted octanol–water partition coefficient (Wildman–Crippen LogP) is 0.749. The first kappa shape index (κ1) is 31.6. The molecule has 4 aliphatic rings. The van der Waals surface area contributed by atoms with Crippen molar-refractivity contribution in [1.82, 2.24) is 15.5 Å². The lowest BCUT2D eigenvalue weighted by molar-refractivity contribution is -0.169. The fourth-order valence-corrected chi connectivity index (χ4v) is 7.15.